The molecule has 172 valence electrons. The standard InChI is InChI=1S/C25H33ClN4O2/c1-4-25(2,3)29-24(32)21-13-10-19(16-22(21)26)27-17-23(31)28-18-8-11-20(12-9-18)30-14-6-5-7-15-30/h8-13,16,27H,4-7,14-15,17H2,1-3H3,(H,28,31)(H,29,32). The minimum Gasteiger partial charge on any atom is -0.376 e. The summed E-state index contributed by atoms with van der Waals surface area (Å²) in [5.74, 6) is -0.363. The predicted octanol–water partition coefficient (Wildman–Crippen LogP) is 5.30. The first-order chi connectivity index (χ1) is 15.3. The molecule has 1 fully saturated rings. The van der Waals surface area contributed by atoms with Crippen molar-refractivity contribution in [3.63, 3.8) is 0 Å². The Kier molecular flexibility index (Phi) is 8.02. The van der Waals surface area contributed by atoms with E-state index in [1.807, 2.05) is 32.9 Å². The van der Waals surface area contributed by atoms with E-state index < -0.39 is 0 Å². The number of benzene rings is 2. The zero-order valence-corrected chi connectivity index (χ0v) is 19.9. The van der Waals surface area contributed by atoms with Crippen molar-refractivity contribution < 1.29 is 9.59 Å². The highest BCUT2D eigenvalue weighted by Crippen LogP contribution is 2.23. The summed E-state index contributed by atoms with van der Waals surface area (Å²) >= 11 is 6.31. The normalized spacial score (nSPS) is 14.1. The Hall–Kier alpha value is -2.73. The lowest BCUT2D eigenvalue weighted by molar-refractivity contribution is -0.114. The lowest BCUT2D eigenvalue weighted by Crippen LogP contribution is -2.42. The molecule has 1 aliphatic heterocycles. The summed E-state index contributed by atoms with van der Waals surface area (Å²) in [6.07, 6.45) is 4.58. The number of carbonyl (C=O) groups excluding carboxylic acids is 2. The Bertz CT molecular complexity index is 937. The van der Waals surface area contributed by atoms with Crippen LogP contribution in [0, 0.1) is 0 Å². The van der Waals surface area contributed by atoms with Gasteiger partial charge in [0.25, 0.3) is 5.91 Å². The number of amides is 2. The van der Waals surface area contributed by atoms with E-state index in [1.54, 1.807) is 18.2 Å². The Balaban J connectivity index is 1.51. The molecule has 0 radical (unpaired) electrons. The molecule has 2 aromatic carbocycles. The van der Waals surface area contributed by atoms with Crippen molar-refractivity contribution in [3.8, 4) is 0 Å². The summed E-state index contributed by atoms with van der Waals surface area (Å²) < 4.78 is 0. The number of anilines is 3. The molecule has 1 aliphatic rings. The molecule has 0 spiro atoms. The van der Waals surface area contributed by atoms with Gasteiger partial charge in [-0.1, -0.05) is 18.5 Å². The Morgan fingerprint density at radius 2 is 1.66 bits per heavy atom. The molecule has 3 N–H and O–H groups in total. The predicted molar refractivity (Wildman–Crippen MR) is 133 cm³/mol. The van der Waals surface area contributed by atoms with Crippen LogP contribution in [0.25, 0.3) is 0 Å². The third-order valence-electron chi connectivity index (χ3n) is 5.87. The Morgan fingerprint density at radius 1 is 1.00 bits per heavy atom. The highest BCUT2D eigenvalue weighted by Gasteiger charge is 2.20. The summed E-state index contributed by atoms with van der Waals surface area (Å²) in [5, 5.41) is 9.27. The fraction of sp³-hybridized carbons (Fsp3) is 0.440. The van der Waals surface area contributed by atoms with Gasteiger partial charge < -0.3 is 20.9 Å². The molecule has 2 amide bonds. The molecule has 7 heteroatoms. The van der Waals surface area contributed by atoms with Crippen LogP contribution in [0.1, 0.15) is 56.8 Å². The first-order valence-electron chi connectivity index (χ1n) is 11.3. The van der Waals surface area contributed by atoms with Gasteiger partial charge in [0.2, 0.25) is 5.91 Å². The fourth-order valence-electron chi connectivity index (χ4n) is 3.57. The van der Waals surface area contributed by atoms with Gasteiger partial charge in [-0.25, -0.2) is 0 Å². The van der Waals surface area contributed by atoms with Gasteiger partial charge in [-0.05, 0) is 82.0 Å². The van der Waals surface area contributed by atoms with Gasteiger partial charge in [-0.15, -0.1) is 0 Å². The molecule has 0 saturated carbocycles. The van der Waals surface area contributed by atoms with Gasteiger partial charge in [-0.3, -0.25) is 9.59 Å². The molecule has 32 heavy (non-hydrogen) atoms. The van der Waals surface area contributed by atoms with Crippen molar-refractivity contribution in [3.05, 3.63) is 53.1 Å². The second-order valence-electron chi connectivity index (χ2n) is 8.88. The van der Waals surface area contributed by atoms with Gasteiger partial charge >= 0.3 is 0 Å². The van der Waals surface area contributed by atoms with Crippen LogP contribution in [0.4, 0.5) is 17.1 Å². The number of carbonyl (C=O) groups is 2. The third kappa shape index (κ3) is 6.63. The average Bonchev–Trinajstić information content (AvgIpc) is 2.78. The van der Waals surface area contributed by atoms with Crippen LogP contribution < -0.4 is 20.9 Å². The quantitative estimate of drug-likeness (QED) is 0.504. The van der Waals surface area contributed by atoms with Crippen LogP contribution in [-0.2, 0) is 4.79 Å². The van der Waals surface area contributed by atoms with Crippen molar-refractivity contribution in [2.24, 2.45) is 0 Å². The van der Waals surface area contributed by atoms with E-state index >= 15 is 0 Å². The van der Waals surface area contributed by atoms with E-state index in [4.69, 9.17) is 11.6 Å². The van der Waals surface area contributed by atoms with Crippen LogP contribution in [0.15, 0.2) is 42.5 Å². The van der Waals surface area contributed by atoms with Crippen molar-refractivity contribution in [2.75, 3.05) is 35.2 Å². The molecule has 2 aromatic rings. The first-order valence-corrected chi connectivity index (χ1v) is 11.7. The van der Waals surface area contributed by atoms with E-state index in [2.05, 4.69) is 33.0 Å². The van der Waals surface area contributed by atoms with Crippen molar-refractivity contribution in [1.29, 1.82) is 0 Å². The third-order valence-corrected chi connectivity index (χ3v) is 6.19. The summed E-state index contributed by atoms with van der Waals surface area (Å²) in [6, 6.07) is 13.1. The summed E-state index contributed by atoms with van der Waals surface area (Å²) in [6.45, 7) is 8.23. The molecular weight excluding hydrogens is 424 g/mol. The second kappa shape index (κ2) is 10.7. The van der Waals surface area contributed by atoms with Gasteiger partial charge in [0, 0.05) is 35.7 Å². The second-order valence-corrected chi connectivity index (χ2v) is 9.29. The van der Waals surface area contributed by atoms with Gasteiger partial charge in [-0.2, -0.15) is 0 Å². The first kappa shape index (κ1) is 23.9. The highest BCUT2D eigenvalue weighted by atomic mass is 35.5. The lowest BCUT2D eigenvalue weighted by Gasteiger charge is -2.28. The summed E-state index contributed by atoms with van der Waals surface area (Å²) in [5.41, 5.74) is 2.75. The number of piperidine rings is 1. The molecular formula is C25H33ClN4O2. The zero-order chi connectivity index (χ0) is 23.1. The monoisotopic (exact) mass is 456 g/mol. The zero-order valence-electron chi connectivity index (χ0n) is 19.1. The molecule has 1 heterocycles. The number of nitrogens with one attached hydrogen (secondary N) is 3. The number of rotatable bonds is 8. The maximum atomic E-state index is 12.5. The number of hydrogen-bond donors (Lipinski definition) is 3. The van der Waals surface area contributed by atoms with Crippen molar-refractivity contribution >= 4 is 40.5 Å². The van der Waals surface area contributed by atoms with Gasteiger partial charge in [0.1, 0.15) is 0 Å². The number of nitrogens with zero attached hydrogens (tertiary/aromatic N) is 1. The molecule has 1 saturated heterocycles. The van der Waals surface area contributed by atoms with Crippen LogP contribution in [0.5, 0.6) is 0 Å². The fourth-order valence-corrected chi connectivity index (χ4v) is 3.83. The molecule has 6 nitrogen and oxygen atoms in total. The average molecular weight is 457 g/mol. The van der Waals surface area contributed by atoms with E-state index in [1.165, 1.54) is 24.9 Å². The minimum absolute atomic E-state index is 0.0958. The van der Waals surface area contributed by atoms with Crippen LogP contribution in [0.3, 0.4) is 0 Å². The largest absolute Gasteiger partial charge is 0.376 e. The molecule has 0 aliphatic carbocycles. The molecule has 0 atom stereocenters. The van der Waals surface area contributed by atoms with Crippen LogP contribution in [-0.4, -0.2) is 37.0 Å². The van der Waals surface area contributed by atoms with E-state index in [9.17, 15) is 9.59 Å². The summed E-state index contributed by atoms with van der Waals surface area (Å²) in [7, 11) is 0. The van der Waals surface area contributed by atoms with Crippen molar-refractivity contribution in [2.45, 2.75) is 52.0 Å². The number of hydrogen-bond acceptors (Lipinski definition) is 4. The smallest absolute Gasteiger partial charge is 0.253 e. The van der Waals surface area contributed by atoms with Crippen molar-refractivity contribution in [1.82, 2.24) is 5.32 Å². The van der Waals surface area contributed by atoms with Crippen LogP contribution >= 0.6 is 11.6 Å². The van der Waals surface area contributed by atoms with Gasteiger partial charge in [0.05, 0.1) is 17.1 Å². The SMILES string of the molecule is CCC(C)(C)NC(=O)c1ccc(NCC(=O)Nc2ccc(N3CCCCC3)cc2)cc1Cl. The van der Waals surface area contributed by atoms with Gasteiger partial charge in [0.15, 0.2) is 0 Å². The molecule has 0 bridgehead atoms. The van der Waals surface area contributed by atoms with E-state index in [-0.39, 0.29) is 23.9 Å². The topological polar surface area (TPSA) is 73.5 Å². The summed E-state index contributed by atoms with van der Waals surface area (Å²) in [4.78, 5) is 27.2. The number of halogens is 1. The Morgan fingerprint density at radius 3 is 2.28 bits per heavy atom. The maximum Gasteiger partial charge on any atom is 0.253 e. The van der Waals surface area contributed by atoms with E-state index in [0.717, 1.165) is 25.2 Å². The molecule has 0 aromatic heterocycles. The lowest BCUT2D eigenvalue weighted by atomic mass is 10.0. The van der Waals surface area contributed by atoms with E-state index in [0.29, 0.717) is 16.3 Å². The van der Waals surface area contributed by atoms with Crippen LogP contribution in [0.2, 0.25) is 5.02 Å². The highest BCUT2D eigenvalue weighted by molar-refractivity contribution is 6.34. The minimum atomic E-state index is -0.304. The maximum absolute atomic E-state index is 12.5. The molecule has 3 rings (SSSR count). The Labute approximate surface area is 195 Å². The molecule has 0 unspecified atom stereocenters.